The Hall–Kier alpha value is -2.48. The predicted molar refractivity (Wildman–Crippen MR) is 82.1 cm³/mol. The highest BCUT2D eigenvalue weighted by Crippen LogP contribution is 2.27. The Morgan fingerprint density at radius 3 is 2.50 bits per heavy atom. The lowest BCUT2D eigenvalue weighted by Gasteiger charge is -2.08. The molecule has 2 aromatic rings. The van der Waals surface area contributed by atoms with E-state index in [1.54, 1.807) is 24.3 Å². The number of benzene rings is 1. The topological polar surface area (TPSA) is 96.3 Å². The molecule has 0 saturated carbocycles. The van der Waals surface area contributed by atoms with Crippen LogP contribution in [0, 0.1) is 0 Å². The summed E-state index contributed by atoms with van der Waals surface area (Å²) in [5.41, 5.74) is 6.30. The number of halogens is 1. The molecule has 22 heavy (non-hydrogen) atoms. The maximum Gasteiger partial charge on any atom is 0.400 e. The Balaban J connectivity index is 2.13. The van der Waals surface area contributed by atoms with E-state index in [1.165, 1.54) is 20.3 Å². The molecule has 0 radical (unpaired) electrons. The van der Waals surface area contributed by atoms with Crippen LogP contribution in [0.4, 0.5) is 0 Å². The summed E-state index contributed by atoms with van der Waals surface area (Å²) < 4.78 is 15.7. The van der Waals surface area contributed by atoms with Crippen LogP contribution in [0.5, 0.6) is 11.5 Å². The van der Waals surface area contributed by atoms with Crippen LogP contribution in [0.25, 0.3) is 0 Å². The number of furan rings is 1. The molecule has 2 N–H and O–H groups in total. The van der Waals surface area contributed by atoms with Gasteiger partial charge in [0.2, 0.25) is 5.76 Å². The van der Waals surface area contributed by atoms with E-state index in [4.69, 9.17) is 24.5 Å². The van der Waals surface area contributed by atoms with Crippen molar-refractivity contribution in [2.75, 3.05) is 14.2 Å². The van der Waals surface area contributed by atoms with Crippen molar-refractivity contribution in [3.8, 4) is 11.5 Å². The zero-order valence-electron chi connectivity index (χ0n) is 11.8. The van der Waals surface area contributed by atoms with Gasteiger partial charge in [0.05, 0.1) is 14.2 Å². The number of carbonyl (C=O) groups is 1. The summed E-state index contributed by atoms with van der Waals surface area (Å²) >= 11 is 3.09. The van der Waals surface area contributed by atoms with Gasteiger partial charge in [-0.05, 0) is 46.3 Å². The number of nitrogens with zero attached hydrogens (tertiary/aromatic N) is 1. The lowest BCUT2D eigenvalue weighted by atomic mass is 10.2. The van der Waals surface area contributed by atoms with E-state index < -0.39 is 5.97 Å². The highest BCUT2D eigenvalue weighted by atomic mass is 79.9. The van der Waals surface area contributed by atoms with Crippen LogP contribution in [0.3, 0.4) is 0 Å². The Labute approximate surface area is 134 Å². The molecular weight excluding hydrogens is 356 g/mol. The average molecular weight is 369 g/mol. The van der Waals surface area contributed by atoms with Gasteiger partial charge in [-0.25, -0.2) is 4.79 Å². The lowest BCUT2D eigenvalue weighted by molar-refractivity contribution is 0.0478. The van der Waals surface area contributed by atoms with Crippen LogP contribution < -0.4 is 15.2 Å². The minimum atomic E-state index is -0.755. The Morgan fingerprint density at radius 1 is 1.18 bits per heavy atom. The third-order valence-electron chi connectivity index (χ3n) is 2.68. The van der Waals surface area contributed by atoms with Crippen molar-refractivity contribution in [2.45, 2.75) is 0 Å². The second kappa shape index (κ2) is 6.99. The fourth-order valence-corrected chi connectivity index (χ4v) is 1.91. The summed E-state index contributed by atoms with van der Waals surface area (Å²) in [6, 6.07) is 7.97. The van der Waals surface area contributed by atoms with E-state index >= 15 is 0 Å². The van der Waals surface area contributed by atoms with E-state index in [-0.39, 0.29) is 11.6 Å². The molecule has 0 aliphatic rings. The first-order valence-corrected chi connectivity index (χ1v) is 6.87. The van der Waals surface area contributed by atoms with Gasteiger partial charge in [-0.3, -0.25) is 0 Å². The molecule has 0 atom stereocenters. The van der Waals surface area contributed by atoms with Crippen LogP contribution in [0.2, 0.25) is 0 Å². The van der Waals surface area contributed by atoms with Crippen molar-refractivity contribution < 1.29 is 23.5 Å². The summed E-state index contributed by atoms with van der Waals surface area (Å²) in [5, 5.41) is 3.58. The Morgan fingerprint density at radius 2 is 1.91 bits per heavy atom. The normalized spacial score (nSPS) is 11.1. The zero-order valence-corrected chi connectivity index (χ0v) is 13.4. The van der Waals surface area contributed by atoms with Crippen molar-refractivity contribution >= 4 is 27.7 Å². The molecule has 0 bridgehead atoms. The molecule has 2 rings (SSSR count). The molecule has 0 unspecified atom stereocenters. The van der Waals surface area contributed by atoms with Crippen molar-refractivity contribution in [3.63, 3.8) is 0 Å². The van der Waals surface area contributed by atoms with Crippen LogP contribution in [-0.4, -0.2) is 26.0 Å². The quantitative estimate of drug-likeness (QED) is 0.377. The van der Waals surface area contributed by atoms with E-state index in [2.05, 4.69) is 21.1 Å². The molecule has 0 aliphatic carbocycles. The van der Waals surface area contributed by atoms with Crippen molar-refractivity contribution in [1.82, 2.24) is 0 Å². The SMILES string of the molecule is COc1ccc(/C(N)=N/OC(=O)c2ccc(Br)o2)cc1OC. The highest BCUT2D eigenvalue weighted by Gasteiger charge is 2.13. The van der Waals surface area contributed by atoms with Gasteiger partial charge in [-0.1, -0.05) is 5.16 Å². The third kappa shape index (κ3) is 3.59. The maximum absolute atomic E-state index is 11.7. The van der Waals surface area contributed by atoms with E-state index in [0.717, 1.165) is 0 Å². The number of oxime groups is 1. The number of hydrogen-bond acceptors (Lipinski definition) is 6. The summed E-state index contributed by atoms with van der Waals surface area (Å²) in [7, 11) is 3.03. The van der Waals surface area contributed by atoms with Crippen molar-refractivity contribution in [2.24, 2.45) is 10.9 Å². The van der Waals surface area contributed by atoms with Crippen LogP contribution in [0.15, 0.2) is 44.6 Å². The number of ether oxygens (including phenoxy) is 2. The van der Waals surface area contributed by atoms with Gasteiger partial charge in [0.15, 0.2) is 22.0 Å². The molecule has 7 nitrogen and oxygen atoms in total. The second-order valence-corrected chi connectivity index (χ2v) is 4.81. The van der Waals surface area contributed by atoms with Crippen LogP contribution in [-0.2, 0) is 4.84 Å². The number of hydrogen-bond donors (Lipinski definition) is 1. The lowest BCUT2D eigenvalue weighted by Crippen LogP contribution is -2.15. The molecular formula is C14H13BrN2O5. The molecule has 0 saturated heterocycles. The molecule has 0 spiro atoms. The maximum atomic E-state index is 11.7. The number of rotatable bonds is 5. The molecule has 1 aromatic heterocycles. The molecule has 0 aliphatic heterocycles. The summed E-state index contributed by atoms with van der Waals surface area (Å²) in [4.78, 5) is 16.4. The number of carbonyl (C=O) groups excluding carboxylic acids is 1. The molecule has 1 heterocycles. The third-order valence-corrected chi connectivity index (χ3v) is 3.11. The molecule has 0 fully saturated rings. The first-order valence-electron chi connectivity index (χ1n) is 6.07. The number of amidine groups is 1. The fourth-order valence-electron chi connectivity index (χ4n) is 1.61. The number of nitrogens with two attached hydrogens (primary N) is 1. The van der Waals surface area contributed by atoms with Gasteiger partial charge in [-0.15, -0.1) is 0 Å². The Bertz CT molecular complexity index is 711. The first kappa shape index (κ1) is 15.9. The monoisotopic (exact) mass is 368 g/mol. The van der Waals surface area contributed by atoms with Gasteiger partial charge in [0.25, 0.3) is 0 Å². The largest absolute Gasteiger partial charge is 0.493 e. The molecule has 116 valence electrons. The van der Waals surface area contributed by atoms with Gasteiger partial charge in [0, 0.05) is 5.56 Å². The van der Waals surface area contributed by atoms with Gasteiger partial charge >= 0.3 is 5.97 Å². The van der Waals surface area contributed by atoms with Gasteiger partial charge in [0.1, 0.15) is 0 Å². The minimum absolute atomic E-state index is 0.00994. The van der Waals surface area contributed by atoms with Crippen LogP contribution in [0.1, 0.15) is 16.1 Å². The standard InChI is InChI=1S/C14H13BrN2O5/c1-19-9-4-3-8(7-11(9)20-2)13(16)17-22-14(18)10-5-6-12(15)21-10/h3-7H,1-2H3,(H2,16,17). The fraction of sp³-hybridized carbons (Fsp3) is 0.143. The first-order chi connectivity index (χ1) is 10.5. The predicted octanol–water partition coefficient (Wildman–Crippen LogP) is 2.54. The van der Waals surface area contributed by atoms with Crippen molar-refractivity contribution in [1.29, 1.82) is 0 Å². The minimum Gasteiger partial charge on any atom is -0.493 e. The molecule has 1 aromatic carbocycles. The van der Waals surface area contributed by atoms with E-state index in [1.807, 2.05) is 0 Å². The number of methoxy groups -OCH3 is 2. The molecule has 8 heteroatoms. The molecule has 0 amide bonds. The second-order valence-electron chi connectivity index (χ2n) is 4.03. The Kier molecular flexibility index (Phi) is 5.05. The highest BCUT2D eigenvalue weighted by molar-refractivity contribution is 9.10. The zero-order chi connectivity index (χ0) is 16.1. The van der Waals surface area contributed by atoms with Crippen LogP contribution >= 0.6 is 15.9 Å². The summed E-state index contributed by atoms with van der Waals surface area (Å²) in [6.07, 6.45) is 0. The average Bonchev–Trinajstić information content (AvgIpc) is 2.98. The van der Waals surface area contributed by atoms with E-state index in [0.29, 0.717) is 21.7 Å². The van der Waals surface area contributed by atoms with Crippen molar-refractivity contribution in [3.05, 3.63) is 46.3 Å². The van der Waals surface area contributed by atoms with E-state index in [9.17, 15) is 4.79 Å². The summed E-state index contributed by atoms with van der Waals surface area (Å²) in [6.45, 7) is 0. The van der Waals surface area contributed by atoms with Gasteiger partial charge < -0.3 is 24.5 Å². The summed E-state index contributed by atoms with van der Waals surface area (Å²) in [5.74, 6) is 0.306. The van der Waals surface area contributed by atoms with Gasteiger partial charge in [-0.2, -0.15) is 0 Å². The smallest absolute Gasteiger partial charge is 0.400 e.